The molecule has 0 N–H and O–H groups in total. The molecule has 7 nitrogen and oxygen atoms in total. The summed E-state index contributed by atoms with van der Waals surface area (Å²) in [7, 11) is 1.46. The van der Waals surface area contributed by atoms with Gasteiger partial charge in [-0.25, -0.2) is 0 Å². The molecule has 0 spiro atoms. The molecule has 0 atom stereocenters. The van der Waals surface area contributed by atoms with Crippen LogP contribution in [0.4, 0.5) is 5.69 Å². The first-order valence-electron chi connectivity index (χ1n) is 7.39. The van der Waals surface area contributed by atoms with Gasteiger partial charge in [0.25, 0.3) is 0 Å². The molecule has 0 aliphatic carbocycles. The van der Waals surface area contributed by atoms with E-state index < -0.39 is 4.92 Å². The van der Waals surface area contributed by atoms with Crippen LogP contribution in [0.5, 0.6) is 17.2 Å². The zero-order valence-electron chi connectivity index (χ0n) is 13.7. The Morgan fingerprint density at radius 2 is 1.88 bits per heavy atom. The molecular formula is C17H16INO6. The van der Waals surface area contributed by atoms with Crippen LogP contribution >= 0.6 is 22.6 Å². The van der Waals surface area contributed by atoms with Crippen molar-refractivity contribution in [1.82, 2.24) is 0 Å². The predicted molar refractivity (Wildman–Crippen MR) is 99.2 cm³/mol. The molecule has 132 valence electrons. The summed E-state index contributed by atoms with van der Waals surface area (Å²) in [6.45, 7) is 2.05. The Morgan fingerprint density at radius 1 is 1.16 bits per heavy atom. The SMILES string of the molecule is CCOC(=O)Cc1ccc(Oc2ccc(I)cc2[N+](=O)[O-])c(OC)c1. The van der Waals surface area contributed by atoms with Gasteiger partial charge in [-0.2, -0.15) is 0 Å². The molecule has 0 aromatic heterocycles. The van der Waals surface area contributed by atoms with Crippen LogP contribution in [0.15, 0.2) is 36.4 Å². The zero-order chi connectivity index (χ0) is 18.4. The maximum absolute atomic E-state index is 11.6. The molecule has 0 radical (unpaired) electrons. The smallest absolute Gasteiger partial charge is 0.312 e. The average Bonchev–Trinajstić information content (AvgIpc) is 2.57. The first kappa shape index (κ1) is 19.0. The summed E-state index contributed by atoms with van der Waals surface area (Å²) >= 11 is 1.99. The largest absolute Gasteiger partial charge is 0.493 e. The van der Waals surface area contributed by atoms with Crippen molar-refractivity contribution >= 4 is 34.2 Å². The first-order chi connectivity index (χ1) is 11.9. The normalized spacial score (nSPS) is 10.2. The monoisotopic (exact) mass is 457 g/mol. The second-order valence-corrected chi connectivity index (χ2v) is 6.18. The van der Waals surface area contributed by atoms with E-state index in [1.807, 2.05) is 22.6 Å². The molecule has 0 bridgehead atoms. The van der Waals surface area contributed by atoms with E-state index >= 15 is 0 Å². The highest BCUT2D eigenvalue weighted by atomic mass is 127. The van der Waals surface area contributed by atoms with Gasteiger partial charge in [-0.05, 0) is 59.3 Å². The molecule has 2 rings (SSSR count). The molecule has 0 aliphatic heterocycles. The van der Waals surface area contributed by atoms with E-state index in [2.05, 4.69) is 0 Å². The molecule has 0 unspecified atom stereocenters. The van der Waals surface area contributed by atoms with Gasteiger partial charge in [-0.15, -0.1) is 0 Å². The minimum absolute atomic E-state index is 0.105. The molecule has 8 heteroatoms. The highest BCUT2D eigenvalue weighted by molar-refractivity contribution is 14.1. The molecule has 0 heterocycles. The van der Waals surface area contributed by atoms with E-state index in [0.29, 0.717) is 23.7 Å². The lowest BCUT2D eigenvalue weighted by Crippen LogP contribution is -2.07. The van der Waals surface area contributed by atoms with Crippen molar-refractivity contribution < 1.29 is 23.9 Å². The quantitative estimate of drug-likeness (QED) is 0.269. The van der Waals surface area contributed by atoms with Crippen molar-refractivity contribution in [2.24, 2.45) is 0 Å². The average molecular weight is 457 g/mol. The molecule has 0 amide bonds. The van der Waals surface area contributed by atoms with Crippen LogP contribution in [0.25, 0.3) is 0 Å². The van der Waals surface area contributed by atoms with Gasteiger partial charge in [-0.3, -0.25) is 14.9 Å². The fourth-order valence-electron chi connectivity index (χ4n) is 2.12. The van der Waals surface area contributed by atoms with Crippen LogP contribution in [-0.4, -0.2) is 24.6 Å². The zero-order valence-corrected chi connectivity index (χ0v) is 15.8. The van der Waals surface area contributed by atoms with Gasteiger partial charge in [-0.1, -0.05) is 6.07 Å². The van der Waals surface area contributed by atoms with Crippen LogP contribution in [0, 0.1) is 13.7 Å². The fourth-order valence-corrected chi connectivity index (χ4v) is 2.60. The van der Waals surface area contributed by atoms with Crippen LogP contribution in [-0.2, 0) is 16.0 Å². The van der Waals surface area contributed by atoms with Crippen molar-refractivity contribution in [2.75, 3.05) is 13.7 Å². The van der Waals surface area contributed by atoms with Crippen molar-refractivity contribution in [3.8, 4) is 17.2 Å². The lowest BCUT2D eigenvalue weighted by Gasteiger charge is -2.12. The minimum atomic E-state index is -0.501. The summed E-state index contributed by atoms with van der Waals surface area (Å²) in [5.74, 6) is 0.461. The lowest BCUT2D eigenvalue weighted by molar-refractivity contribution is -0.385. The summed E-state index contributed by atoms with van der Waals surface area (Å²) < 4.78 is 16.6. The fraction of sp³-hybridized carbons (Fsp3) is 0.235. The second-order valence-electron chi connectivity index (χ2n) is 4.94. The van der Waals surface area contributed by atoms with Gasteiger partial charge in [0, 0.05) is 9.64 Å². The number of carbonyl (C=O) groups excluding carboxylic acids is 1. The Bertz CT molecular complexity index is 793. The Hall–Kier alpha value is -2.36. The molecule has 0 saturated carbocycles. The number of methoxy groups -OCH3 is 1. The van der Waals surface area contributed by atoms with Gasteiger partial charge in [0.15, 0.2) is 11.5 Å². The number of halogens is 1. The standard InChI is InChI=1S/C17H16INO6/c1-3-24-17(20)9-11-4-6-15(16(8-11)23-2)25-14-7-5-12(18)10-13(14)19(21)22/h4-8,10H,3,9H2,1-2H3. The number of nitrogens with zero attached hydrogens (tertiary/aromatic N) is 1. The third-order valence-electron chi connectivity index (χ3n) is 3.22. The minimum Gasteiger partial charge on any atom is -0.493 e. The molecule has 2 aromatic rings. The van der Waals surface area contributed by atoms with Crippen LogP contribution in [0.3, 0.4) is 0 Å². The second kappa shape index (κ2) is 8.65. The maximum atomic E-state index is 11.6. The van der Waals surface area contributed by atoms with Gasteiger partial charge in [0.1, 0.15) is 0 Å². The lowest BCUT2D eigenvalue weighted by atomic mass is 10.1. The number of nitro benzene ring substituents is 1. The Labute approximate surface area is 158 Å². The van der Waals surface area contributed by atoms with Gasteiger partial charge in [0.05, 0.1) is 25.1 Å². The van der Waals surface area contributed by atoms with Crippen molar-refractivity contribution in [3.05, 3.63) is 55.6 Å². The highest BCUT2D eigenvalue weighted by Crippen LogP contribution is 2.37. The van der Waals surface area contributed by atoms with E-state index in [0.717, 1.165) is 3.57 Å². The Kier molecular flexibility index (Phi) is 6.57. The summed E-state index contributed by atoms with van der Waals surface area (Å²) in [4.78, 5) is 22.3. The third kappa shape index (κ3) is 5.05. The summed E-state index contributed by atoms with van der Waals surface area (Å²) in [5.41, 5.74) is 0.560. The number of carbonyl (C=O) groups is 1. The van der Waals surface area contributed by atoms with Crippen LogP contribution < -0.4 is 9.47 Å². The molecule has 0 fully saturated rings. The van der Waals surface area contributed by atoms with E-state index in [-0.39, 0.29) is 23.8 Å². The van der Waals surface area contributed by atoms with E-state index in [1.165, 1.54) is 19.2 Å². The molecule has 0 aliphatic rings. The van der Waals surface area contributed by atoms with Gasteiger partial charge < -0.3 is 14.2 Å². The first-order valence-corrected chi connectivity index (χ1v) is 8.46. The topological polar surface area (TPSA) is 87.9 Å². The summed E-state index contributed by atoms with van der Waals surface area (Å²) in [6.07, 6.45) is 0.105. The summed E-state index contributed by atoms with van der Waals surface area (Å²) in [6, 6.07) is 9.61. The predicted octanol–water partition coefficient (Wildman–Crippen LogP) is 4.11. The van der Waals surface area contributed by atoms with Crippen molar-refractivity contribution in [1.29, 1.82) is 0 Å². The molecule has 2 aromatic carbocycles. The van der Waals surface area contributed by atoms with Gasteiger partial charge >= 0.3 is 11.7 Å². The van der Waals surface area contributed by atoms with Crippen LogP contribution in [0.1, 0.15) is 12.5 Å². The van der Waals surface area contributed by atoms with Crippen molar-refractivity contribution in [3.63, 3.8) is 0 Å². The Balaban J connectivity index is 2.28. The van der Waals surface area contributed by atoms with Crippen LogP contribution in [0.2, 0.25) is 0 Å². The number of ether oxygens (including phenoxy) is 3. The Morgan fingerprint density at radius 3 is 2.52 bits per heavy atom. The number of nitro groups is 1. The molecular weight excluding hydrogens is 441 g/mol. The third-order valence-corrected chi connectivity index (χ3v) is 3.89. The maximum Gasteiger partial charge on any atom is 0.312 e. The van der Waals surface area contributed by atoms with E-state index in [4.69, 9.17) is 14.2 Å². The number of esters is 1. The van der Waals surface area contributed by atoms with Crippen molar-refractivity contribution in [2.45, 2.75) is 13.3 Å². The molecule has 0 saturated heterocycles. The number of rotatable bonds is 7. The van der Waals surface area contributed by atoms with E-state index in [9.17, 15) is 14.9 Å². The summed E-state index contributed by atoms with van der Waals surface area (Å²) in [5, 5.41) is 11.2. The van der Waals surface area contributed by atoms with Gasteiger partial charge in [0.2, 0.25) is 5.75 Å². The number of hydrogen-bond donors (Lipinski definition) is 0. The highest BCUT2D eigenvalue weighted by Gasteiger charge is 2.18. The number of benzene rings is 2. The van der Waals surface area contributed by atoms with E-state index in [1.54, 1.807) is 31.2 Å². The molecule has 25 heavy (non-hydrogen) atoms. The number of hydrogen-bond acceptors (Lipinski definition) is 6.